The van der Waals surface area contributed by atoms with Crippen LogP contribution in [0.2, 0.25) is 0 Å². The van der Waals surface area contributed by atoms with Gasteiger partial charge in [-0.3, -0.25) is 19.1 Å². The van der Waals surface area contributed by atoms with Crippen LogP contribution in [0.4, 0.5) is 5.69 Å². The number of aromatic nitrogens is 2. The number of carbonyl (C=O) groups excluding carboxylic acids is 3. The van der Waals surface area contributed by atoms with E-state index in [0.29, 0.717) is 18.8 Å². The summed E-state index contributed by atoms with van der Waals surface area (Å²) in [6, 6.07) is 8.18. The fourth-order valence-electron chi connectivity index (χ4n) is 5.62. The molecule has 9 heteroatoms. The van der Waals surface area contributed by atoms with Crippen LogP contribution in [0.25, 0.3) is 0 Å². The summed E-state index contributed by atoms with van der Waals surface area (Å²) in [7, 11) is 1.65. The summed E-state index contributed by atoms with van der Waals surface area (Å²) in [5.41, 5.74) is 3.20. The first kappa shape index (κ1) is 24.3. The number of likely N-dealkylation sites (N-methyl/N-ethyl adjacent to an activating group) is 1. The predicted octanol–water partition coefficient (Wildman–Crippen LogP) is 2.37. The molecule has 1 N–H and O–H groups in total. The predicted molar refractivity (Wildman–Crippen MR) is 137 cm³/mol. The summed E-state index contributed by atoms with van der Waals surface area (Å²) < 4.78 is 1.54. The lowest BCUT2D eigenvalue weighted by atomic mass is 9.95. The first-order chi connectivity index (χ1) is 17.2. The SMILES string of the molecule is Cc1ccc(C)c(N2CCN(C(=O)c3cc4n(n3)C[C@](C)(C(=O)NC3CCCC3)N(C)C4=O)CC2)c1. The Kier molecular flexibility index (Phi) is 6.26. The molecule has 3 aliphatic rings. The maximum Gasteiger partial charge on any atom is 0.274 e. The van der Waals surface area contributed by atoms with Gasteiger partial charge in [0.25, 0.3) is 11.8 Å². The molecular formula is C27H36N6O3. The Balaban J connectivity index is 1.29. The Morgan fingerprint density at radius 2 is 1.75 bits per heavy atom. The number of benzene rings is 1. The highest BCUT2D eigenvalue weighted by atomic mass is 16.2. The fraction of sp³-hybridized carbons (Fsp3) is 0.556. The van der Waals surface area contributed by atoms with Crippen molar-refractivity contribution < 1.29 is 14.4 Å². The van der Waals surface area contributed by atoms with Gasteiger partial charge in [-0.15, -0.1) is 0 Å². The van der Waals surface area contributed by atoms with Crippen LogP contribution >= 0.6 is 0 Å². The van der Waals surface area contributed by atoms with Crippen molar-refractivity contribution in [3.05, 3.63) is 46.8 Å². The summed E-state index contributed by atoms with van der Waals surface area (Å²) >= 11 is 0. The second-order valence-electron chi connectivity index (χ2n) is 10.7. The number of hydrogen-bond acceptors (Lipinski definition) is 5. The topological polar surface area (TPSA) is 90.8 Å². The van der Waals surface area contributed by atoms with E-state index in [1.165, 1.54) is 26.4 Å². The Labute approximate surface area is 212 Å². The Morgan fingerprint density at radius 1 is 1.06 bits per heavy atom. The molecule has 36 heavy (non-hydrogen) atoms. The van der Waals surface area contributed by atoms with Gasteiger partial charge in [0.2, 0.25) is 5.91 Å². The molecule has 0 radical (unpaired) electrons. The maximum atomic E-state index is 13.3. The van der Waals surface area contributed by atoms with Gasteiger partial charge in [0.1, 0.15) is 11.2 Å². The zero-order chi connectivity index (χ0) is 25.6. The highest BCUT2D eigenvalue weighted by molar-refractivity contribution is 6.01. The molecule has 9 nitrogen and oxygen atoms in total. The first-order valence-electron chi connectivity index (χ1n) is 13.0. The van der Waals surface area contributed by atoms with Crippen LogP contribution < -0.4 is 10.2 Å². The average molecular weight is 493 g/mol. The summed E-state index contributed by atoms with van der Waals surface area (Å²) in [4.78, 5) is 45.3. The Hall–Kier alpha value is -3.36. The molecule has 0 bridgehead atoms. The molecule has 5 rings (SSSR count). The molecule has 2 aromatic rings. The van der Waals surface area contributed by atoms with Gasteiger partial charge in [0.05, 0.1) is 6.54 Å². The highest BCUT2D eigenvalue weighted by Crippen LogP contribution is 2.28. The minimum absolute atomic E-state index is 0.163. The van der Waals surface area contributed by atoms with Crippen molar-refractivity contribution in [2.45, 2.75) is 64.6 Å². The quantitative estimate of drug-likeness (QED) is 0.708. The van der Waals surface area contributed by atoms with E-state index in [9.17, 15) is 14.4 Å². The third-order valence-electron chi connectivity index (χ3n) is 8.17. The van der Waals surface area contributed by atoms with Crippen LogP contribution in [-0.4, -0.2) is 82.1 Å². The molecule has 1 saturated carbocycles. The largest absolute Gasteiger partial charge is 0.368 e. The molecule has 1 aromatic heterocycles. The molecule has 0 unspecified atom stereocenters. The number of nitrogens with zero attached hydrogens (tertiary/aromatic N) is 5. The van der Waals surface area contributed by atoms with E-state index in [2.05, 4.69) is 47.4 Å². The number of piperazine rings is 1. The molecule has 1 saturated heterocycles. The minimum atomic E-state index is -1.06. The first-order valence-corrected chi connectivity index (χ1v) is 13.0. The van der Waals surface area contributed by atoms with Crippen molar-refractivity contribution in [1.29, 1.82) is 0 Å². The normalized spacial score (nSPS) is 22.7. The minimum Gasteiger partial charge on any atom is -0.368 e. The second-order valence-corrected chi connectivity index (χ2v) is 10.7. The van der Waals surface area contributed by atoms with Gasteiger partial charge >= 0.3 is 0 Å². The Morgan fingerprint density at radius 3 is 2.44 bits per heavy atom. The van der Waals surface area contributed by atoms with E-state index in [1.54, 1.807) is 24.9 Å². The monoisotopic (exact) mass is 492 g/mol. The third-order valence-corrected chi connectivity index (χ3v) is 8.17. The molecule has 1 aliphatic carbocycles. The van der Waals surface area contributed by atoms with Crippen molar-refractivity contribution >= 4 is 23.4 Å². The summed E-state index contributed by atoms with van der Waals surface area (Å²) in [5.74, 6) is -0.636. The lowest BCUT2D eigenvalue weighted by molar-refractivity contribution is -0.133. The van der Waals surface area contributed by atoms with E-state index in [-0.39, 0.29) is 36.0 Å². The number of hydrogen-bond donors (Lipinski definition) is 1. The molecule has 2 fully saturated rings. The molecule has 1 atom stereocenters. The van der Waals surface area contributed by atoms with Crippen LogP contribution in [0.15, 0.2) is 24.3 Å². The van der Waals surface area contributed by atoms with E-state index in [4.69, 9.17) is 0 Å². The number of carbonyl (C=O) groups is 3. The van der Waals surface area contributed by atoms with Crippen molar-refractivity contribution in [1.82, 2.24) is 24.9 Å². The lowest BCUT2D eigenvalue weighted by Crippen LogP contribution is -2.63. The number of nitrogens with one attached hydrogen (secondary N) is 1. The summed E-state index contributed by atoms with van der Waals surface area (Å²) in [6.07, 6.45) is 4.18. The highest BCUT2D eigenvalue weighted by Gasteiger charge is 2.47. The molecule has 2 aliphatic heterocycles. The van der Waals surface area contributed by atoms with Gasteiger partial charge in [0, 0.05) is 51.0 Å². The number of rotatable bonds is 4. The van der Waals surface area contributed by atoms with Crippen LogP contribution in [0, 0.1) is 13.8 Å². The van der Waals surface area contributed by atoms with Crippen molar-refractivity contribution in [3.63, 3.8) is 0 Å². The van der Waals surface area contributed by atoms with Crippen molar-refractivity contribution in [2.75, 3.05) is 38.1 Å². The summed E-state index contributed by atoms with van der Waals surface area (Å²) in [6.45, 7) is 8.84. The van der Waals surface area contributed by atoms with Gasteiger partial charge < -0.3 is 20.0 Å². The van der Waals surface area contributed by atoms with Gasteiger partial charge in [-0.2, -0.15) is 5.10 Å². The van der Waals surface area contributed by atoms with Gasteiger partial charge in [0.15, 0.2) is 5.69 Å². The molecule has 1 aromatic carbocycles. The van der Waals surface area contributed by atoms with E-state index >= 15 is 0 Å². The molecule has 192 valence electrons. The smallest absolute Gasteiger partial charge is 0.274 e. The maximum absolute atomic E-state index is 13.3. The summed E-state index contributed by atoms with van der Waals surface area (Å²) in [5, 5.41) is 7.63. The zero-order valence-corrected chi connectivity index (χ0v) is 21.7. The standard InChI is InChI=1S/C27H36N6O3/c1-18-9-10-19(2)22(15-18)31-11-13-32(14-12-31)24(34)21-16-23-25(35)30(4)27(3,17-33(23)29-21)26(36)28-20-7-5-6-8-20/h9-10,15-16,20H,5-8,11-14,17H2,1-4H3,(H,28,36)/t27-/m1/s1. The second kappa shape index (κ2) is 9.26. The number of amides is 3. The van der Waals surface area contributed by atoms with Gasteiger partial charge in [-0.25, -0.2) is 0 Å². The van der Waals surface area contributed by atoms with Crippen LogP contribution in [0.3, 0.4) is 0 Å². The molecular weight excluding hydrogens is 456 g/mol. The molecule has 3 amide bonds. The number of fused-ring (bicyclic) bond motifs is 1. The Bertz CT molecular complexity index is 1190. The number of aryl methyl sites for hydroxylation is 2. The van der Waals surface area contributed by atoms with Crippen molar-refractivity contribution in [2.24, 2.45) is 0 Å². The van der Waals surface area contributed by atoms with Gasteiger partial charge in [-0.05, 0) is 50.8 Å². The molecule has 3 heterocycles. The van der Waals surface area contributed by atoms with E-state index in [1.807, 2.05) is 0 Å². The zero-order valence-electron chi connectivity index (χ0n) is 21.7. The van der Waals surface area contributed by atoms with Gasteiger partial charge in [-0.1, -0.05) is 25.0 Å². The van der Waals surface area contributed by atoms with Crippen LogP contribution in [0.1, 0.15) is 64.7 Å². The van der Waals surface area contributed by atoms with E-state index < -0.39 is 5.54 Å². The van der Waals surface area contributed by atoms with E-state index in [0.717, 1.165) is 38.8 Å². The average Bonchev–Trinajstić information content (AvgIpc) is 3.54. The number of anilines is 1. The lowest BCUT2D eigenvalue weighted by Gasteiger charge is -2.41. The fourth-order valence-corrected chi connectivity index (χ4v) is 5.62. The van der Waals surface area contributed by atoms with Crippen LogP contribution in [-0.2, 0) is 11.3 Å². The van der Waals surface area contributed by atoms with Crippen LogP contribution in [0.5, 0.6) is 0 Å². The van der Waals surface area contributed by atoms with Crippen molar-refractivity contribution in [3.8, 4) is 0 Å². The third kappa shape index (κ3) is 4.24. The molecule has 0 spiro atoms.